The van der Waals surface area contributed by atoms with Crippen LogP contribution in [0.1, 0.15) is 20.3 Å². The van der Waals surface area contributed by atoms with Crippen molar-refractivity contribution >= 4 is 22.2 Å². The molecule has 15 atom stereocenters. The second-order valence-electron chi connectivity index (χ2n) is 11.6. The molecule has 286 valence electrons. The molecule has 3 saturated heterocycles. The van der Waals surface area contributed by atoms with Crippen molar-refractivity contribution in [3.8, 4) is 0 Å². The van der Waals surface area contributed by atoms with Gasteiger partial charge in [-0.3, -0.25) is 4.55 Å². The van der Waals surface area contributed by atoms with E-state index in [9.17, 15) is 43.0 Å². The predicted octanol–water partition coefficient (Wildman–Crippen LogP) is -5.31. The summed E-state index contributed by atoms with van der Waals surface area (Å²) in [5, 5.41) is 61.5. The number of carboxylic acid groups (broad SMARTS) is 2. The Kier molecular flexibility index (Phi) is 15.9. The van der Waals surface area contributed by atoms with Crippen LogP contribution in [0.3, 0.4) is 0 Å². The molecule has 23 heteroatoms. The van der Waals surface area contributed by atoms with Crippen molar-refractivity contribution in [2.45, 2.75) is 106 Å². The van der Waals surface area contributed by atoms with Crippen LogP contribution in [-0.4, -0.2) is 181 Å². The van der Waals surface area contributed by atoms with E-state index in [0.717, 1.165) is 0 Å². The Labute approximate surface area is 281 Å². The first-order valence-corrected chi connectivity index (χ1v) is 16.9. The molecule has 3 rings (SSSR count). The third-order valence-electron chi connectivity index (χ3n) is 8.19. The van der Waals surface area contributed by atoms with Gasteiger partial charge in [0.25, 0.3) is 0 Å². The summed E-state index contributed by atoms with van der Waals surface area (Å²) in [5.74, 6) is -3.20. The van der Waals surface area contributed by atoms with E-state index in [4.69, 9.17) is 59.6 Å². The van der Waals surface area contributed by atoms with Gasteiger partial charge >= 0.3 is 22.2 Å². The topological polar surface area (TPSA) is 348 Å². The van der Waals surface area contributed by atoms with E-state index in [1.54, 1.807) is 18.6 Å². The maximum Gasteiger partial charge on any atom is 0.333 e. The van der Waals surface area contributed by atoms with Gasteiger partial charge in [-0.25, -0.2) is 9.59 Å². The van der Waals surface area contributed by atoms with Crippen molar-refractivity contribution in [1.82, 2.24) is 4.72 Å². The number of aliphatic hydroxyl groups is 4. The van der Waals surface area contributed by atoms with Crippen molar-refractivity contribution in [2.24, 2.45) is 17.4 Å². The average molecular weight is 738 g/mol. The molecular formula is C26H47N3O19S. The van der Waals surface area contributed by atoms with Crippen molar-refractivity contribution < 1.29 is 91.1 Å². The Bertz CT molecular complexity index is 1170. The fraction of sp³-hybridized carbons (Fsp3) is 0.923. The minimum atomic E-state index is -5.12. The van der Waals surface area contributed by atoms with Gasteiger partial charge in [0, 0.05) is 12.5 Å². The Morgan fingerprint density at radius 3 is 1.82 bits per heavy atom. The van der Waals surface area contributed by atoms with Gasteiger partial charge in [0.15, 0.2) is 18.9 Å². The molecule has 0 aliphatic carbocycles. The zero-order chi connectivity index (χ0) is 36.6. The molecule has 3 fully saturated rings. The molecule has 3 aliphatic rings. The van der Waals surface area contributed by atoms with Gasteiger partial charge in [-0.1, -0.05) is 6.92 Å². The fourth-order valence-electron chi connectivity index (χ4n) is 5.86. The molecule has 0 radical (unpaired) electrons. The lowest BCUT2D eigenvalue weighted by Crippen LogP contribution is -2.70. The number of hydrogen-bond donors (Lipinski definition) is 10. The molecule has 15 unspecified atom stereocenters. The summed E-state index contributed by atoms with van der Waals surface area (Å²) in [4.78, 5) is 21.9. The van der Waals surface area contributed by atoms with Crippen LogP contribution in [0, 0.1) is 5.92 Å². The first kappa shape index (κ1) is 41.7. The third kappa shape index (κ3) is 11.1. The van der Waals surface area contributed by atoms with Crippen LogP contribution in [0.15, 0.2) is 0 Å². The zero-order valence-electron chi connectivity index (χ0n) is 26.7. The summed E-state index contributed by atoms with van der Waals surface area (Å²) in [7, 11) is -5.12. The predicted molar refractivity (Wildman–Crippen MR) is 158 cm³/mol. The standard InChI is InChI=1S/C26H47N3O19S/c1-3-10-12(6-41-8-14(31)32)45-25(16(27)19(10)35)47-22-11(5-30)44-26(18(21(22)37)29-49(38,39)40)48-23-13(7-42-9-15(33)34)46-24(43-4-2)17(28)20(23)36/h10-13,16-26,29-30,35-37H,3-9,27-28H2,1-2H3,(H,31,32)(H,33,34)(H,38,39,40). The quantitative estimate of drug-likeness (QED) is 0.0587. The monoisotopic (exact) mass is 737 g/mol. The molecule has 3 heterocycles. The van der Waals surface area contributed by atoms with Gasteiger partial charge in [-0.15, -0.1) is 0 Å². The van der Waals surface area contributed by atoms with E-state index >= 15 is 0 Å². The van der Waals surface area contributed by atoms with Crippen LogP contribution in [0.5, 0.6) is 0 Å². The molecule has 49 heavy (non-hydrogen) atoms. The van der Waals surface area contributed by atoms with E-state index < -0.39 is 140 Å². The van der Waals surface area contributed by atoms with Crippen LogP contribution < -0.4 is 16.2 Å². The molecule has 0 saturated carbocycles. The molecule has 3 aliphatic heterocycles. The molecule has 22 nitrogen and oxygen atoms in total. The maximum atomic E-state index is 12.0. The fourth-order valence-corrected chi connectivity index (χ4v) is 6.46. The highest BCUT2D eigenvalue weighted by molar-refractivity contribution is 7.83. The number of aliphatic carboxylic acids is 2. The van der Waals surface area contributed by atoms with Gasteiger partial charge in [-0.2, -0.15) is 13.1 Å². The zero-order valence-corrected chi connectivity index (χ0v) is 27.5. The van der Waals surface area contributed by atoms with E-state index in [1.165, 1.54) is 0 Å². The molecule has 0 amide bonds. The highest BCUT2D eigenvalue weighted by Crippen LogP contribution is 2.34. The first-order chi connectivity index (χ1) is 23.0. The lowest BCUT2D eigenvalue weighted by atomic mass is 9.86. The summed E-state index contributed by atoms with van der Waals surface area (Å²) in [6.45, 7) is 0.338. The minimum absolute atomic E-state index is 0.109. The third-order valence-corrected chi connectivity index (χ3v) is 8.76. The second-order valence-corrected chi connectivity index (χ2v) is 12.8. The smallest absolute Gasteiger partial charge is 0.333 e. The van der Waals surface area contributed by atoms with Crippen molar-refractivity contribution in [1.29, 1.82) is 0 Å². The summed E-state index contributed by atoms with van der Waals surface area (Å²) < 4.78 is 80.2. The average Bonchev–Trinajstić information content (AvgIpc) is 3.02. The highest BCUT2D eigenvalue weighted by Gasteiger charge is 2.54. The van der Waals surface area contributed by atoms with E-state index in [2.05, 4.69) is 0 Å². The summed E-state index contributed by atoms with van der Waals surface area (Å²) >= 11 is 0. The summed E-state index contributed by atoms with van der Waals surface area (Å²) in [6.07, 6.45) is -16.3. The molecule has 0 aromatic rings. The largest absolute Gasteiger partial charge is 0.480 e. The van der Waals surface area contributed by atoms with Gasteiger partial charge in [-0.05, 0) is 13.3 Å². The van der Waals surface area contributed by atoms with E-state index in [0.29, 0.717) is 6.42 Å². The van der Waals surface area contributed by atoms with Gasteiger partial charge in [0.2, 0.25) is 0 Å². The molecule has 0 bridgehead atoms. The maximum absolute atomic E-state index is 12.0. The Balaban J connectivity index is 1.88. The SMILES string of the molecule is CCOC1OC(COCC(=O)O)C(OC2OC(CO)C(OC3OC(COCC(=O)O)C(CC)C(O)C3N)C(O)C2NS(=O)(=O)O)C(O)C1N. The number of carboxylic acids is 2. The number of nitrogens with one attached hydrogen (secondary N) is 1. The Morgan fingerprint density at radius 1 is 0.776 bits per heavy atom. The number of nitrogens with two attached hydrogens (primary N) is 2. The number of carbonyl (C=O) groups is 2. The summed E-state index contributed by atoms with van der Waals surface area (Å²) in [6, 6.07) is -4.46. The van der Waals surface area contributed by atoms with E-state index in [1.807, 2.05) is 0 Å². The molecule has 0 aromatic heterocycles. The first-order valence-electron chi connectivity index (χ1n) is 15.4. The molecule has 0 aromatic carbocycles. The van der Waals surface area contributed by atoms with Crippen LogP contribution in [0.4, 0.5) is 0 Å². The lowest BCUT2D eigenvalue weighted by molar-refractivity contribution is -0.350. The van der Waals surface area contributed by atoms with Crippen LogP contribution in [0.2, 0.25) is 0 Å². The molecular weight excluding hydrogens is 690 g/mol. The Morgan fingerprint density at radius 2 is 1.29 bits per heavy atom. The van der Waals surface area contributed by atoms with Crippen molar-refractivity contribution in [3.05, 3.63) is 0 Å². The molecule has 0 spiro atoms. The number of ether oxygens (including phenoxy) is 8. The Hall–Kier alpha value is -1.75. The van der Waals surface area contributed by atoms with E-state index in [-0.39, 0.29) is 13.2 Å². The number of hydrogen-bond acceptors (Lipinski definition) is 18. The van der Waals surface area contributed by atoms with Crippen LogP contribution in [-0.2, 0) is 57.8 Å². The lowest BCUT2D eigenvalue weighted by Gasteiger charge is -2.49. The summed E-state index contributed by atoms with van der Waals surface area (Å²) in [5.41, 5.74) is 12.3. The van der Waals surface area contributed by atoms with Crippen LogP contribution in [0.25, 0.3) is 0 Å². The van der Waals surface area contributed by atoms with Crippen molar-refractivity contribution in [2.75, 3.05) is 39.6 Å². The van der Waals surface area contributed by atoms with Gasteiger partial charge in [0.1, 0.15) is 55.9 Å². The molecule has 12 N–H and O–H groups in total. The van der Waals surface area contributed by atoms with Gasteiger partial charge in [0.05, 0.1) is 44.1 Å². The second kappa shape index (κ2) is 18.7. The van der Waals surface area contributed by atoms with Crippen LogP contribution >= 0.6 is 0 Å². The van der Waals surface area contributed by atoms with Crippen molar-refractivity contribution in [3.63, 3.8) is 0 Å². The highest BCUT2D eigenvalue weighted by atomic mass is 32.2. The number of aliphatic hydroxyl groups excluding tert-OH is 4. The normalized spacial score (nSPS) is 40.2. The minimum Gasteiger partial charge on any atom is -0.480 e. The van der Waals surface area contributed by atoms with Gasteiger partial charge < -0.3 is 80.0 Å². The number of rotatable bonds is 18.